The molecule has 1 heterocycles. The molecular formula is C53H43N. The molecule has 1 heteroatoms. The minimum Gasteiger partial charge on any atom is -0.309 e. The minimum absolute atomic E-state index is 1.22. The molecule has 0 saturated heterocycles. The zero-order valence-electron chi connectivity index (χ0n) is 31.1. The summed E-state index contributed by atoms with van der Waals surface area (Å²) in [5.41, 5.74) is 12.7. The number of hydrogen-bond donors (Lipinski definition) is 0. The third kappa shape index (κ3) is 7.18. The molecule has 0 atom stereocenters. The van der Waals surface area contributed by atoms with Gasteiger partial charge in [0.2, 0.25) is 0 Å². The SMILES string of the molecule is Cc1ccc(-c2ccc3c(c2)c2ccccc2n3-c2cccc3ccccc23)cc1.Cc1ccc(-c2ccccc2)cc1.Cc1cccc2ccccc12. The van der Waals surface area contributed by atoms with Gasteiger partial charge in [0, 0.05) is 16.2 Å². The van der Waals surface area contributed by atoms with E-state index in [9.17, 15) is 0 Å². The number of para-hydroxylation sites is 1. The topological polar surface area (TPSA) is 4.93 Å². The third-order valence-corrected chi connectivity index (χ3v) is 10.2. The first-order chi connectivity index (χ1) is 26.5. The Labute approximate surface area is 318 Å². The van der Waals surface area contributed by atoms with Gasteiger partial charge in [-0.3, -0.25) is 0 Å². The van der Waals surface area contributed by atoms with Crippen LogP contribution in [-0.2, 0) is 0 Å². The molecule has 0 unspecified atom stereocenters. The second kappa shape index (κ2) is 15.5. The molecule has 0 fully saturated rings. The van der Waals surface area contributed by atoms with Gasteiger partial charge in [-0.25, -0.2) is 0 Å². The van der Waals surface area contributed by atoms with Crippen molar-refractivity contribution in [3.05, 3.63) is 223 Å². The van der Waals surface area contributed by atoms with E-state index in [-0.39, 0.29) is 0 Å². The molecule has 54 heavy (non-hydrogen) atoms. The van der Waals surface area contributed by atoms with E-state index in [1.807, 2.05) is 6.07 Å². The Morgan fingerprint density at radius 2 is 0.759 bits per heavy atom. The fourth-order valence-corrected chi connectivity index (χ4v) is 7.33. The van der Waals surface area contributed by atoms with E-state index in [4.69, 9.17) is 0 Å². The van der Waals surface area contributed by atoms with Crippen LogP contribution < -0.4 is 0 Å². The van der Waals surface area contributed by atoms with Crippen molar-refractivity contribution < 1.29 is 0 Å². The maximum absolute atomic E-state index is 2.41. The Bertz CT molecular complexity index is 2810. The molecular weight excluding hydrogens is 651 g/mol. The lowest BCUT2D eigenvalue weighted by molar-refractivity contribution is 1.20. The highest BCUT2D eigenvalue weighted by atomic mass is 15.0. The predicted molar refractivity (Wildman–Crippen MR) is 234 cm³/mol. The van der Waals surface area contributed by atoms with Gasteiger partial charge in [0.1, 0.15) is 0 Å². The van der Waals surface area contributed by atoms with Crippen LogP contribution in [0.1, 0.15) is 16.7 Å². The lowest BCUT2D eigenvalue weighted by Crippen LogP contribution is -1.95. The zero-order chi connectivity index (χ0) is 36.9. The number of aryl methyl sites for hydroxylation is 3. The summed E-state index contributed by atoms with van der Waals surface area (Å²) in [6.07, 6.45) is 0. The Kier molecular flexibility index (Phi) is 9.87. The largest absolute Gasteiger partial charge is 0.309 e. The molecule has 0 amide bonds. The average Bonchev–Trinajstić information content (AvgIpc) is 3.56. The normalized spacial score (nSPS) is 10.9. The summed E-state index contributed by atoms with van der Waals surface area (Å²) in [7, 11) is 0. The summed E-state index contributed by atoms with van der Waals surface area (Å²) in [5, 5.41) is 7.79. The Morgan fingerprint density at radius 1 is 0.296 bits per heavy atom. The number of rotatable bonds is 3. The van der Waals surface area contributed by atoms with Crippen LogP contribution >= 0.6 is 0 Å². The van der Waals surface area contributed by atoms with Crippen LogP contribution in [0.5, 0.6) is 0 Å². The van der Waals surface area contributed by atoms with Crippen molar-refractivity contribution in [3.63, 3.8) is 0 Å². The van der Waals surface area contributed by atoms with E-state index in [0.717, 1.165) is 0 Å². The summed E-state index contributed by atoms with van der Waals surface area (Å²) in [4.78, 5) is 0. The summed E-state index contributed by atoms with van der Waals surface area (Å²) in [6.45, 7) is 6.38. The summed E-state index contributed by atoms with van der Waals surface area (Å²) >= 11 is 0. The molecule has 0 aliphatic rings. The first-order valence-corrected chi connectivity index (χ1v) is 18.7. The monoisotopic (exact) mass is 693 g/mol. The summed E-state index contributed by atoms with van der Waals surface area (Å²) < 4.78 is 2.41. The van der Waals surface area contributed by atoms with Gasteiger partial charge >= 0.3 is 0 Å². The standard InChI is InChI=1S/C29H21N.C13H12.C11H10/c1-20-13-15-21(16-14-20)23-17-18-29-26(19-23)25-10-4-5-11-28(25)30(29)27-12-6-8-22-7-2-3-9-24(22)27;1-11-7-9-13(10-8-11)12-5-3-2-4-6-12;1-9-5-4-7-10-6-2-3-8-11(9)10/h2-19H,1H3;2-10H,1H3;2-8H,1H3. The van der Waals surface area contributed by atoms with E-state index < -0.39 is 0 Å². The van der Waals surface area contributed by atoms with E-state index in [1.165, 1.54) is 88.0 Å². The lowest BCUT2D eigenvalue weighted by atomic mass is 10.0. The highest BCUT2D eigenvalue weighted by Crippen LogP contribution is 2.36. The molecule has 0 N–H and O–H groups in total. The average molecular weight is 694 g/mol. The molecule has 260 valence electrons. The van der Waals surface area contributed by atoms with E-state index in [2.05, 4.69) is 226 Å². The second-order valence-corrected chi connectivity index (χ2v) is 14.0. The van der Waals surface area contributed by atoms with Gasteiger partial charge in [0.25, 0.3) is 0 Å². The molecule has 1 nitrogen and oxygen atoms in total. The molecule has 1 aromatic heterocycles. The van der Waals surface area contributed by atoms with Crippen molar-refractivity contribution in [3.8, 4) is 27.9 Å². The molecule has 0 bridgehead atoms. The van der Waals surface area contributed by atoms with Crippen LogP contribution in [0.3, 0.4) is 0 Å². The zero-order valence-corrected chi connectivity index (χ0v) is 31.1. The fraction of sp³-hybridized carbons (Fsp3) is 0.0566. The van der Waals surface area contributed by atoms with Crippen molar-refractivity contribution in [2.45, 2.75) is 20.8 Å². The number of benzene rings is 9. The smallest absolute Gasteiger partial charge is 0.0541 e. The van der Waals surface area contributed by atoms with Gasteiger partial charge < -0.3 is 4.57 Å². The van der Waals surface area contributed by atoms with Crippen LogP contribution in [0.15, 0.2) is 206 Å². The highest BCUT2D eigenvalue weighted by molar-refractivity contribution is 6.11. The molecule has 0 radical (unpaired) electrons. The van der Waals surface area contributed by atoms with Crippen LogP contribution in [0, 0.1) is 20.8 Å². The lowest BCUT2D eigenvalue weighted by Gasteiger charge is -2.11. The van der Waals surface area contributed by atoms with Gasteiger partial charge in [-0.1, -0.05) is 193 Å². The maximum Gasteiger partial charge on any atom is 0.0541 e. The Hall–Kier alpha value is -6.70. The molecule has 0 aliphatic heterocycles. The van der Waals surface area contributed by atoms with Crippen molar-refractivity contribution in [2.24, 2.45) is 0 Å². The second-order valence-electron chi connectivity index (χ2n) is 14.0. The van der Waals surface area contributed by atoms with Crippen LogP contribution in [-0.4, -0.2) is 4.57 Å². The van der Waals surface area contributed by atoms with Gasteiger partial charge in [-0.15, -0.1) is 0 Å². The number of hydrogen-bond acceptors (Lipinski definition) is 0. The number of aromatic nitrogens is 1. The van der Waals surface area contributed by atoms with Gasteiger partial charge in [0.05, 0.1) is 16.7 Å². The van der Waals surface area contributed by atoms with E-state index >= 15 is 0 Å². The van der Waals surface area contributed by atoms with Gasteiger partial charge in [-0.05, 0) is 89.0 Å². The predicted octanol–water partition coefficient (Wildman–Crippen LogP) is 14.7. The highest BCUT2D eigenvalue weighted by Gasteiger charge is 2.14. The van der Waals surface area contributed by atoms with E-state index in [1.54, 1.807) is 0 Å². The van der Waals surface area contributed by atoms with Crippen molar-refractivity contribution >= 4 is 43.4 Å². The van der Waals surface area contributed by atoms with Crippen molar-refractivity contribution in [1.82, 2.24) is 4.57 Å². The Balaban J connectivity index is 0.000000141. The van der Waals surface area contributed by atoms with Crippen molar-refractivity contribution in [1.29, 1.82) is 0 Å². The Morgan fingerprint density at radius 3 is 1.43 bits per heavy atom. The van der Waals surface area contributed by atoms with Crippen LogP contribution in [0.4, 0.5) is 0 Å². The molecule has 0 spiro atoms. The van der Waals surface area contributed by atoms with E-state index in [0.29, 0.717) is 0 Å². The summed E-state index contributed by atoms with van der Waals surface area (Å²) in [5.74, 6) is 0. The molecule has 10 aromatic rings. The molecule has 10 rings (SSSR count). The number of nitrogens with zero attached hydrogens (tertiary/aromatic N) is 1. The first-order valence-electron chi connectivity index (χ1n) is 18.7. The van der Waals surface area contributed by atoms with Crippen LogP contribution in [0.2, 0.25) is 0 Å². The van der Waals surface area contributed by atoms with Crippen molar-refractivity contribution in [2.75, 3.05) is 0 Å². The summed E-state index contributed by atoms with van der Waals surface area (Å²) in [6, 6.07) is 73.4. The minimum atomic E-state index is 1.22. The quantitative estimate of drug-likeness (QED) is 0.174. The maximum atomic E-state index is 2.41. The van der Waals surface area contributed by atoms with Gasteiger partial charge in [-0.2, -0.15) is 0 Å². The van der Waals surface area contributed by atoms with Crippen LogP contribution in [0.25, 0.3) is 71.3 Å². The fourth-order valence-electron chi connectivity index (χ4n) is 7.33. The molecule has 0 saturated carbocycles. The molecule has 9 aromatic carbocycles. The van der Waals surface area contributed by atoms with Gasteiger partial charge in [0.15, 0.2) is 0 Å². The number of fused-ring (bicyclic) bond motifs is 5. The first kappa shape index (κ1) is 34.4. The third-order valence-electron chi connectivity index (χ3n) is 10.2. The molecule has 0 aliphatic carbocycles.